The molecule has 0 aliphatic rings. The lowest BCUT2D eigenvalue weighted by Crippen LogP contribution is -2.22. The fourth-order valence-corrected chi connectivity index (χ4v) is 2.33. The summed E-state index contributed by atoms with van der Waals surface area (Å²) >= 11 is 0. The molecule has 0 N–H and O–H groups in total. The van der Waals surface area contributed by atoms with Gasteiger partial charge in [-0.2, -0.15) is 0 Å². The molecule has 0 amide bonds. The van der Waals surface area contributed by atoms with Gasteiger partial charge in [-0.3, -0.25) is 0 Å². The van der Waals surface area contributed by atoms with Crippen molar-refractivity contribution in [3.63, 3.8) is 0 Å². The topological polar surface area (TPSA) is 9.23 Å². The molecule has 18 heavy (non-hydrogen) atoms. The van der Waals surface area contributed by atoms with Gasteiger partial charge in [0.2, 0.25) is 0 Å². The van der Waals surface area contributed by atoms with E-state index in [1.165, 1.54) is 16.7 Å². The molecule has 0 unspecified atom stereocenters. The molecule has 0 heterocycles. The van der Waals surface area contributed by atoms with Crippen molar-refractivity contribution in [2.45, 2.75) is 65.7 Å². The van der Waals surface area contributed by atoms with Crippen LogP contribution in [0.2, 0.25) is 0 Å². The lowest BCUT2D eigenvalue weighted by molar-refractivity contribution is 0.406. The van der Waals surface area contributed by atoms with Crippen LogP contribution in [0.3, 0.4) is 0 Å². The molecule has 0 radical (unpaired) electrons. The van der Waals surface area contributed by atoms with E-state index in [-0.39, 0.29) is 10.8 Å². The fourth-order valence-electron chi connectivity index (χ4n) is 2.33. The Morgan fingerprint density at radius 1 is 0.889 bits per heavy atom. The zero-order valence-electron chi connectivity index (χ0n) is 13.3. The summed E-state index contributed by atoms with van der Waals surface area (Å²) in [4.78, 5) is 0. The second-order valence-electron chi connectivity index (χ2n) is 7.06. The van der Waals surface area contributed by atoms with E-state index in [2.05, 4.69) is 60.6 Å². The molecule has 0 fully saturated rings. The molecule has 0 aromatic heterocycles. The van der Waals surface area contributed by atoms with E-state index in [1.54, 1.807) is 7.11 Å². The molecule has 1 aromatic rings. The Balaban J connectivity index is 3.57. The first-order valence-electron chi connectivity index (χ1n) is 6.83. The summed E-state index contributed by atoms with van der Waals surface area (Å²) in [5.74, 6) is 1.02. The lowest BCUT2D eigenvalue weighted by Gasteiger charge is -2.31. The maximum absolute atomic E-state index is 5.54. The minimum Gasteiger partial charge on any atom is -0.496 e. The Kier molecular flexibility index (Phi) is 4.15. The molecule has 1 rings (SSSR count). The maximum atomic E-state index is 5.54. The van der Waals surface area contributed by atoms with Gasteiger partial charge in [0.25, 0.3) is 0 Å². The SMILES string of the molecule is CCc1cc(C(C)(C)C)c(C(C)(C)C)cc1OC. The van der Waals surface area contributed by atoms with E-state index in [1.807, 2.05) is 0 Å². The molecule has 0 spiro atoms. The average molecular weight is 248 g/mol. The van der Waals surface area contributed by atoms with Crippen LogP contribution >= 0.6 is 0 Å². The standard InChI is InChI=1S/C17H28O/c1-9-12-10-13(16(2,3)4)14(17(5,6)7)11-15(12)18-8/h10-11H,9H2,1-8H3. The van der Waals surface area contributed by atoms with Crippen LogP contribution in [0.15, 0.2) is 12.1 Å². The van der Waals surface area contributed by atoms with Gasteiger partial charge >= 0.3 is 0 Å². The molecule has 0 aliphatic heterocycles. The highest BCUT2D eigenvalue weighted by Gasteiger charge is 2.26. The van der Waals surface area contributed by atoms with Gasteiger partial charge in [0.1, 0.15) is 5.75 Å². The number of aryl methyl sites for hydroxylation is 1. The molecule has 1 nitrogen and oxygen atoms in total. The van der Waals surface area contributed by atoms with Crippen molar-refractivity contribution in [1.82, 2.24) is 0 Å². The number of hydrogen-bond acceptors (Lipinski definition) is 1. The van der Waals surface area contributed by atoms with Gasteiger partial charge in [0.15, 0.2) is 0 Å². The lowest BCUT2D eigenvalue weighted by atomic mass is 9.74. The van der Waals surface area contributed by atoms with E-state index in [0.29, 0.717) is 0 Å². The summed E-state index contributed by atoms with van der Waals surface area (Å²) in [5, 5.41) is 0. The molecule has 0 saturated carbocycles. The molecule has 102 valence electrons. The third-order valence-electron chi connectivity index (χ3n) is 3.42. The van der Waals surface area contributed by atoms with Crippen molar-refractivity contribution in [1.29, 1.82) is 0 Å². The molecular formula is C17H28O. The zero-order valence-corrected chi connectivity index (χ0v) is 13.3. The van der Waals surface area contributed by atoms with Crippen molar-refractivity contribution in [2.24, 2.45) is 0 Å². The molecule has 0 aliphatic carbocycles. The Morgan fingerprint density at radius 3 is 1.67 bits per heavy atom. The number of rotatable bonds is 2. The number of hydrogen-bond donors (Lipinski definition) is 0. The van der Waals surface area contributed by atoms with Crippen molar-refractivity contribution >= 4 is 0 Å². The minimum atomic E-state index is 0.141. The second kappa shape index (κ2) is 4.95. The summed E-state index contributed by atoms with van der Waals surface area (Å²) in [6, 6.07) is 4.57. The first kappa shape index (κ1) is 15.1. The molecule has 0 saturated heterocycles. The van der Waals surface area contributed by atoms with Crippen LogP contribution in [-0.4, -0.2) is 7.11 Å². The second-order valence-corrected chi connectivity index (χ2v) is 7.06. The van der Waals surface area contributed by atoms with Crippen molar-refractivity contribution < 1.29 is 4.74 Å². The Hall–Kier alpha value is -0.980. The molecule has 1 aromatic carbocycles. The van der Waals surface area contributed by atoms with Gasteiger partial charge in [0, 0.05) is 0 Å². The summed E-state index contributed by atoms with van der Waals surface area (Å²) in [7, 11) is 1.76. The van der Waals surface area contributed by atoms with Crippen LogP contribution in [0.4, 0.5) is 0 Å². The Bertz CT molecular complexity index is 375. The highest BCUT2D eigenvalue weighted by Crippen LogP contribution is 2.38. The van der Waals surface area contributed by atoms with E-state index >= 15 is 0 Å². The highest BCUT2D eigenvalue weighted by atomic mass is 16.5. The molecule has 1 heteroatoms. The fraction of sp³-hybridized carbons (Fsp3) is 0.647. The van der Waals surface area contributed by atoms with Crippen LogP contribution in [-0.2, 0) is 17.3 Å². The zero-order chi connectivity index (χ0) is 14.1. The number of methoxy groups -OCH3 is 1. The molecule has 0 atom stereocenters. The van der Waals surface area contributed by atoms with E-state index in [9.17, 15) is 0 Å². The Labute approximate surface area is 113 Å². The van der Waals surface area contributed by atoms with E-state index in [0.717, 1.165) is 12.2 Å². The largest absolute Gasteiger partial charge is 0.496 e. The molecular weight excluding hydrogens is 220 g/mol. The van der Waals surface area contributed by atoms with Crippen LogP contribution in [0.5, 0.6) is 5.75 Å². The van der Waals surface area contributed by atoms with E-state index in [4.69, 9.17) is 4.74 Å². The van der Waals surface area contributed by atoms with Crippen molar-refractivity contribution in [3.05, 3.63) is 28.8 Å². The van der Waals surface area contributed by atoms with Gasteiger partial charge in [-0.15, -0.1) is 0 Å². The normalized spacial score (nSPS) is 12.7. The van der Waals surface area contributed by atoms with Crippen LogP contribution in [0, 0.1) is 0 Å². The third kappa shape index (κ3) is 3.07. The predicted molar refractivity (Wildman–Crippen MR) is 79.8 cm³/mol. The third-order valence-corrected chi connectivity index (χ3v) is 3.42. The average Bonchev–Trinajstić information content (AvgIpc) is 2.24. The minimum absolute atomic E-state index is 0.141. The van der Waals surface area contributed by atoms with Crippen molar-refractivity contribution in [2.75, 3.05) is 7.11 Å². The van der Waals surface area contributed by atoms with Crippen LogP contribution in [0.1, 0.15) is 65.2 Å². The van der Waals surface area contributed by atoms with Crippen LogP contribution < -0.4 is 4.74 Å². The van der Waals surface area contributed by atoms with Gasteiger partial charge in [-0.05, 0) is 40.0 Å². The molecule has 0 bridgehead atoms. The summed E-state index contributed by atoms with van der Waals surface area (Å²) in [6.45, 7) is 15.8. The monoisotopic (exact) mass is 248 g/mol. The van der Waals surface area contributed by atoms with E-state index < -0.39 is 0 Å². The number of benzene rings is 1. The quantitative estimate of drug-likeness (QED) is 0.726. The summed E-state index contributed by atoms with van der Waals surface area (Å²) in [5.41, 5.74) is 4.44. The van der Waals surface area contributed by atoms with Gasteiger partial charge in [-0.1, -0.05) is 54.5 Å². The van der Waals surface area contributed by atoms with Crippen molar-refractivity contribution in [3.8, 4) is 5.75 Å². The van der Waals surface area contributed by atoms with Gasteiger partial charge in [0.05, 0.1) is 7.11 Å². The first-order valence-corrected chi connectivity index (χ1v) is 6.83. The predicted octanol–water partition coefficient (Wildman–Crippen LogP) is 4.85. The highest BCUT2D eigenvalue weighted by molar-refractivity contribution is 5.48. The van der Waals surface area contributed by atoms with Gasteiger partial charge < -0.3 is 4.74 Å². The van der Waals surface area contributed by atoms with Crippen LogP contribution in [0.25, 0.3) is 0 Å². The maximum Gasteiger partial charge on any atom is 0.122 e. The Morgan fingerprint density at radius 2 is 1.33 bits per heavy atom. The summed E-state index contributed by atoms with van der Waals surface area (Å²) < 4.78 is 5.54. The first-order chi connectivity index (χ1) is 8.11. The smallest absolute Gasteiger partial charge is 0.122 e. The van der Waals surface area contributed by atoms with Gasteiger partial charge in [-0.25, -0.2) is 0 Å². The number of ether oxygens (including phenoxy) is 1. The summed E-state index contributed by atoms with van der Waals surface area (Å²) in [6.07, 6.45) is 1.01.